The molecule has 1 atom stereocenters. The Morgan fingerprint density at radius 2 is 1.44 bits per heavy atom. The maximum absolute atomic E-state index is 14.5. The van der Waals surface area contributed by atoms with Crippen LogP contribution in [0.5, 0.6) is 0 Å². The summed E-state index contributed by atoms with van der Waals surface area (Å²) in [6.07, 6.45) is 0.181. The van der Waals surface area contributed by atoms with Gasteiger partial charge in [-0.05, 0) is 80.4 Å². The first-order chi connectivity index (χ1) is 21.2. The van der Waals surface area contributed by atoms with Crippen molar-refractivity contribution in [1.82, 2.24) is 10.2 Å². The predicted molar refractivity (Wildman–Crippen MR) is 181 cm³/mol. The van der Waals surface area contributed by atoms with Crippen molar-refractivity contribution in [2.75, 3.05) is 10.8 Å². The number of amides is 2. The standard InChI is InChI=1S/C34H34Cl3N3O4S/c1-34(2,3)38-33(42)31(20-24-10-5-4-6-11-24)39(22-25-12-7-8-15-30(25)37)32(41)23-40(28-14-9-13-27(36)21-28)45(43,44)29-18-16-26(35)17-19-29/h4-19,21,31H,20,22-23H2,1-3H3,(H,38,42)/t31-/m0/s1. The monoisotopic (exact) mass is 685 g/mol. The largest absolute Gasteiger partial charge is 0.350 e. The molecule has 1 N–H and O–H groups in total. The minimum Gasteiger partial charge on any atom is -0.350 e. The van der Waals surface area contributed by atoms with Crippen LogP contribution in [0.2, 0.25) is 15.1 Å². The van der Waals surface area contributed by atoms with E-state index in [0.29, 0.717) is 15.6 Å². The zero-order chi connectivity index (χ0) is 32.8. The fourth-order valence-corrected chi connectivity index (χ4v) is 6.62. The van der Waals surface area contributed by atoms with Crippen molar-refractivity contribution in [2.24, 2.45) is 0 Å². The van der Waals surface area contributed by atoms with Crippen LogP contribution in [0, 0.1) is 0 Å². The highest BCUT2D eigenvalue weighted by atomic mass is 35.5. The minimum absolute atomic E-state index is 0.0437. The maximum atomic E-state index is 14.5. The molecule has 11 heteroatoms. The van der Waals surface area contributed by atoms with E-state index >= 15 is 0 Å². The third kappa shape index (κ3) is 9.23. The number of hydrogen-bond donors (Lipinski definition) is 1. The van der Waals surface area contributed by atoms with Gasteiger partial charge in [0, 0.05) is 33.6 Å². The average Bonchev–Trinajstić information content (AvgIpc) is 2.98. The molecular formula is C34H34Cl3N3O4S. The van der Waals surface area contributed by atoms with Crippen LogP contribution in [-0.4, -0.2) is 43.3 Å². The molecule has 0 heterocycles. The molecule has 0 aromatic heterocycles. The first kappa shape index (κ1) is 34.3. The highest BCUT2D eigenvalue weighted by molar-refractivity contribution is 7.92. The molecule has 4 rings (SSSR count). The van der Waals surface area contributed by atoms with Gasteiger partial charge in [0.05, 0.1) is 10.6 Å². The predicted octanol–water partition coefficient (Wildman–Crippen LogP) is 7.40. The summed E-state index contributed by atoms with van der Waals surface area (Å²) in [5.74, 6) is -1.00. The molecule has 0 bridgehead atoms. The van der Waals surface area contributed by atoms with Crippen LogP contribution in [-0.2, 0) is 32.6 Å². The normalized spacial score (nSPS) is 12.3. The lowest BCUT2D eigenvalue weighted by atomic mass is 10.0. The van der Waals surface area contributed by atoms with Crippen molar-refractivity contribution < 1.29 is 18.0 Å². The molecule has 236 valence electrons. The lowest BCUT2D eigenvalue weighted by Gasteiger charge is -2.35. The summed E-state index contributed by atoms with van der Waals surface area (Å²) in [4.78, 5) is 29.8. The second-order valence-electron chi connectivity index (χ2n) is 11.5. The summed E-state index contributed by atoms with van der Waals surface area (Å²) >= 11 is 18.8. The molecule has 4 aromatic rings. The SMILES string of the molecule is CC(C)(C)NC(=O)[C@H](Cc1ccccc1)N(Cc1ccccc1Cl)C(=O)CN(c1cccc(Cl)c1)S(=O)(=O)c1ccc(Cl)cc1. The quantitative estimate of drug-likeness (QED) is 0.178. The van der Waals surface area contributed by atoms with Crippen LogP contribution in [0.25, 0.3) is 0 Å². The number of nitrogens with one attached hydrogen (secondary N) is 1. The molecule has 7 nitrogen and oxygen atoms in total. The van der Waals surface area contributed by atoms with E-state index in [1.54, 1.807) is 42.5 Å². The number of halogens is 3. The van der Waals surface area contributed by atoms with Gasteiger partial charge in [-0.2, -0.15) is 0 Å². The highest BCUT2D eigenvalue weighted by Gasteiger charge is 2.36. The molecule has 45 heavy (non-hydrogen) atoms. The molecule has 0 spiro atoms. The lowest BCUT2D eigenvalue weighted by molar-refractivity contribution is -0.140. The number of sulfonamides is 1. The molecule has 0 aliphatic carbocycles. The molecule has 0 aliphatic heterocycles. The van der Waals surface area contributed by atoms with Gasteiger partial charge in [-0.1, -0.05) is 89.4 Å². The summed E-state index contributed by atoms with van der Waals surface area (Å²) in [7, 11) is -4.29. The number of hydrogen-bond acceptors (Lipinski definition) is 4. The topological polar surface area (TPSA) is 86.8 Å². The van der Waals surface area contributed by atoms with Crippen LogP contribution >= 0.6 is 34.8 Å². The van der Waals surface area contributed by atoms with Crippen LogP contribution in [0.4, 0.5) is 5.69 Å². The Balaban J connectivity index is 1.83. The van der Waals surface area contributed by atoms with Gasteiger partial charge in [0.2, 0.25) is 11.8 Å². The average molecular weight is 687 g/mol. The van der Waals surface area contributed by atoms with Crippen LogP contribution in [0.3, 0.4) is 0 Å². The van der Waals surface area contributed by atoms with Gasteiger partial charge in [-0.3, -0.25) is 13.9 Å². The van der Waals surface area contributed by atoms with Crippen LogP contribution in [0.1, 0.15) is 31.9 Å². The van der Waals surface area contributed by atoms with E-state index in [-0.39, 0.29) is 34.5 Å². The molecule has 0 saturated heterocycles. The van der Waals surface area contributed by atoms with E-state index < -0.39 is 34.1 Å². The first-order valence-electron chi connectivity index (χ1n) is 14.2. The smallest absolute Gasteiger partial charge is 0.264 e. The summed E-state index contributed by atoms with van der Waals surface area (Å²) < 4.78 is 29.1. The van der Waals surface area contributed by atoms with Crippen molar-refractivity contribution >= 4 is 62.3 Å². The Bertz CT molecular complexity index is 1740. The first-order valence-corrected chi connectivity index (χ1v) is 16.7. The maximum Gasteiger partial charge on any atom is 0.264 e. The molecule has 0 fully saturated rings. The molecule has 0 aliphatic rings. The number of benzene rings is 4. The summed E-state index contributed by atoms with van der Waals surface area (Å²) in [5, 5.41) is 4.06. The van der Waals surface area contributed by atoms with Gasteiger partial charge >= 0.3 is 0 Å². The van der Waals surface area contributed by atoms with Gasteiger partial charge in [-0.25, -0.2) is 8.42 Å². The number of carbonyl (C=O) groups is 2. The molecule has 0 unspecified atom stereocenters. The highest BCUT2D eigenvalue weighted by Crippen LogP contribution is 2.28. The molecule has 2 amide bonds. The van der Waals surface area contributed by atoms with E-state index in [2.05, 4.69) is 5.32 Å². The number of rotatable bonds is 11. The Labute approximate surface area is 279 Å². The Morgan fingerprint density at radius 3 is 2.07 bits per heavy atom. The van der Waals surface area contributed by atoms with E-state index in [1.165, 1.54) is 35.2 Å². The van der Waals surface area contributed by atoms with Gasteiger partial charge in [0.1, 0.15) is 12.6 Å². The molecule has 0 radical (unpaired) electrons. The van der Waals surface area contributed by atoms with E-state index in [1.807, 2.05) is 51.1 Å². The van der Waals surface area contributed by atoms with Crippen molar-refractivity contribution in [2.45, 2.75) is 50.2 Å². The second-order valence-corrected chi connectivity index (χ2v) is 14.6. The molecule has 4 aromatic carbocycles. The summed E-state index contributed by atoms with van der Waals surface area (Å²) in [6, 6.07) is 27.2. The fourth-order valence-electron chi connectivity index (χ4n) is 4.71. The van der Waals surface area contributed by atoms with Crippen molar-refractivity contribution in [3.05, 3.63) is 129 Å². The van der Waals surface area contributed by atoms with Crippen molar-refractivity contribution in [3.8, 4) is 0 Å². The zero-order valence-electron chi connectivity index (χ0n) is 25.1. The second kappa shape index (κ2) is 14.7. The lowest BCUT2D eigenvalue weighted by Crippen LogP contribution is -2.56. The van der Waals surface area contributed by atoms with Crippen molar-refractivity contribution in [3.63, 3.8) is 0 Å². The van der Waals surface area contributed by atoms with Crippen LogP contribution in [0.15, 0.2) is 108 Å². The number of carbonyl (C=O) groups excluding carboxylic acids is 2. The summed E-state index contributed by atoms with van der Waals surface area (Å²) in [6.45, 7) is 4.89. The van der Waals surface area contributed by atoms with E-state index in [4.69, 9.17) is 34.8 Å². The van der Waals surface area contributed by atoms with Crippen LogP contribution < -0.4 is 9.62 Å². The number of anilines is 1. The van der Waals surface area contributed by atoms with Crippen molar-refractivity contribution in [1.29, 1.82) is 0 Å². The third-order valence-electron chi connectivity index (χ3n) is 6.84. The van der Waals surface area contributed by atoms with E-state index in [9.17, 15) is 18.0 Å². The Kier molecular flexibility index (Phi) is 11.2. The third-order valence-corrected chi connectivity index (χ3v) is 9.49. The fraction of sp³-hybridized carbons (Fsp3) is 0.235. The van der Waals surface area contributed by atoms with Gasteiger partial charge < -0.3 is 10.2 Å². The Hall–Kier alpha value is -3.56. The molecular weight excluding hydrogens is 653 g/mol. The summed E-state index contributed by atoms with van der Waals surface area (Å²) in [5.41, 5.74) is 1.01. The zero-order valence-corrected chi connectivity index (χ0v) is 28.2. The van der Waals surface area contributed by atoms with E-state index in [0.717, 1.165) is 9.87 Å². The molecule has 0 saturated carbocycles. The minimum atomic E-state index is -4.29. The number of nitrogens with zero attached hydrogens (tertiary/aromatic N) is 2. The Morgan fingerprint density at radius 1 is 0.800 bits per heavy atom. The van der Waals surface area contributed by atoms with Gasteiger partial charge in [-0.15, -0.1) is 0 Å². The van der Waals surface area contributed by atoms with Gasteiger partial charge in [0.15, 0.2) is 0 Å². The van der Waals surface area contributed by atoms with Gasteiger partial charge in [0.25, 0.3) is 10.0 Å².